The van der Waals surface area contributed by atoms with Crippen LogP contribution in [0.1, 0.15) is 17.5 Å². The van der Waals surface area contributed by atoms with Gasteiger partial charge in [-0.25, -0.2) is 9.50 Å². The molecule has 0 unspecified atom stereocenters. The van der Waals surface area contributed by atoms with Crippen molar-refractivity contribution in [2.75, 3.05) is 6.54 Å². The Kier molecular flexibility index (Phi) is 5.18. The van der Waals surface area contributed by atoms with E-state index in [1.54, 1.807) is 28.9 Å². The summed E-state index contributed by atoms with van der Waals surface area (Å²) in [7, 11) is 0. The monoisotopic (exact) mass is 341 g/mol. The van der Waals surface area contributed by atoms with Crippen LogP contribution in [-0.4, -0.2) is 32.0 Å². The first kappa shape index (κ1) is 16.1. The number of rotatable bonds is 6. The fourth-order valence-electron chi connectivity index (χ4n) is 2.20. The molecule has 6 nitrogen and oxygen atoms in total. The zero-order chi connectivity index (χ0) is 16.8. The summed E-state index contributed by atoms with van der Waals surface area (Å²) in [6, 6.07) is 7.30. The van der Waals surface area contributed by atoms with Crippen molar-refractivity contribution in [1.82, 2.24) is 24.9 Å². The fraction of sp³-hybridized carbons (Fsp3) is 0.176. The quantitative estimate of drug-likeness (QED) is 0.552. The molecule has 1 N–H and O–H groups in total. The van der Waals surface area contributed by atoms with Gasteiger partial charge in [-0.3, -0.25) is 4.79 Å². The number of halogens is 1. The predicted octanol–water partition coefficient (Wildman–Crippen LogP) is 2.54. The van der Waals surface area contributed by atoms with E-state index in [9.17, 15) is 4.79 Å². The van der Waals surface area contributed by atoms with Gasteiger partial charge in [0.15, 0.2) is 0 Å². The third-order valence-corrected chi connectivity index (χ3v) is 3.68. The van der Waals surface area contributed by atoms with Gasteiger partial charge in [-0.15, -0.1) is 0 Å². The van der Waals surface area contributed by atoms with Crippen molar-refractivity contribution >= 4 is 29.4 Å². The average molecular weight is 342 g/mol. The van der Waals surface area contributed by atoms with Gasteiger partial charge in [-0.2, -0.15) is 10.1 Å². The first-order valence-corrected chi connectivity index (χ1v) is 7.94. The molecule has 1 amide bonds. The first-order chi connectivity index (χ1) is 11.7. The number of fused-ring (bicyclic) bond motifs is 1. The summed E-state index contributed by atoms with van der Waals surface area (Å²) in [5, 5.41) is 7.59. The summed E-state index contributed by atoms with van der Waals surface area (Å²) in [6.07, 6.45) is 10.1. The highest BCUT2D eigenvalue weighted by Crippen LogP contribution is 2.10. The minimum Gasteiger partial charge on any atom is -0.353 e. The minimum atomic E-state index is -0.116. The van der Waals surface area contributed by atoms with Crippen molar-refractivity contribution < 1.29 is 4.79 Å². The van der Waals surface area contributed by atoms with E-state index >= 15 is 0 Å². The Hall–Kier alpha value is -2.73. The molecular formula is C17H16ClN5O. The molecule has 1 aromatic carbocycles. The first-order valence-electron chi connectivity index (χ1n) is 7.56. The zero-order valence-corrected chi connectivity index (χ0v) is 13.6. The zero-order valence-electron chi connectivity index (χ0n) is 12.9. The normalized spacial score (nSPS) is 11.2. The number of nitrogens with zero attached hydrogens (tertiary/aromatic N) is 4. The number of benzene rings is 1. The van der Waals surface area contributed by atoms with Crippen molar-refractivity contribution in [2.45, 2.75) is 12.8 Å². The second kappa shape index (κ2) is 7.70. The van der Waals surface area contributed by atoms with Gasteiger partial charge in [-0.05, 0) is 42.2 Å². The molecule has 3 aromatic rings. The lowest BCUT2D eigenvalue weighted by molar-refractivity contribution is -0.116. The van der Waals surface area contributed by atoms with Crippen LogP contribution in [0.25, 0.3) is 11.9 Å². The Labute approximate surface area is 144 Å². The van der Waals surface area contributed by atoms with Crippen LogP contribution in [0, 0.1) is 0 Å². The molecule has 0 fully saturated rings. The Bertz CT molecular complexity index is 857. The molecule has 0 aliphatic heterocycles. The van der Waals surface area contributed by atoms with Crippen molar-refractivity contribution in [1.29, 1.82) is 0 Å². The number of nitrogens with one attached hydrogen (secondary N) is 1. The standard InChI is InChI=1S/C17H16ClN5O/c18-15-6-3-13(4-7-15)5-8-16(24)19-9-1-2-14-10-20-17-21-12-22-23(17)11-14/h3-8,10-12H,1-2,9H2,(H,19,24)/b8-5+. The SMILES string of the molecule is O=C(/C=C/c1ccc(Cl)cc1)NCCCc1cnc2ncnn2c1. The molecule has 0 spiro atoms. The van der Waals surface area contributed by atoms with Gasteiger partial charge in [0.05, 0.1) is 0 Å². The molecule has 0 atom stereocenters. The van der Waals surface area contributed by atoms with Crippen molar-refractivity contribution in [3.8, 4) is 0 Å². The molecule has 0 bridgehead atoms. The molecule has 7 heteroatoms. The third kappa shape index (κ3) is 4.39. The van der Waals surface area contributed by atoms with E-state index in [0.717, 1.165) is 24.0 Å². The molecule has 24 heavy (non-hydrogen) atoms. The van der Waals surface area contributed by atoms with Gasteiger partial charge in [-0.1, -0.05) is 23.7 Å². The Morgan fingerprint density at radius 1 is 1.25 bits per heavy atom. The maximum absolute atomic E-state index is 11.8. The molecular weight excluding hydrogens is 326 g/mol. The van der Waals surface area contributed by atoms with Crippen LogP contribution in [-0.2, 0) is 11.2 Å². The van der Waals surface area contributed by atoms with E-state index < -0.39 is 0 Å². The number of carbonyl (C=O) groups is 1. The van der Waals surface area contributed by atoms with Crippen LogP contribution in [0.5, 0.6) is 0 Å². The Balaban J connectivity index is 1.42. The van der Waals surface area contributed by atoms with E-state index in [0.29, 0.717) is 17.3 Å². The van der Waals surface area contributed by atoms with E-state index in [1.807, 2.05) is 18.3 Å². The summed E-state index contributed by atoms with van der Waals surface area (Å²) in [6.45, 7) is 0.596. The molecule has 0 aliphatic carbocycles. The molecule has 0 saturated carbocycles. The minimum absolute atomic E-state index is 0.116. The molecule has 0 saturated heterocycles. The third-order valence-electron chi connectivity index (χ3n) is 3.43. The average Bonchev–Trinajstić information content (AvgIpc) is 3.06. The van der Waals surface area contributed by atoms with Crippen molar-refractivity contribution in [3.63, 3.8) is 0 Å². The van der Waals surface area contributed by atoms with Gasteiger partial charge in [0, 0.05) is 30.0 Å². The summed E-state index contributed by atoms with van der Waals surface area (Å²) in [5.74, 6) is 0.467. The van der Waals surface area contributed by atoms with Gasteiger partial charge >= 0.3 is 0 Å². The maximum atomic E-state index is 11.8. The molecule has 122 valence electrons. The smallest absolute Gasteiger partial charge is 0.252 e. The topological polar surface area (TPSA) is 72.2 Å². The van der Waals surface area contributed by atoms with Crippen LogP contribution in [0.3, 0.4) is 0 Å². The van der Waals surface area contributed by atoms with Crippen LogP contribution in [0.4, 0.5) is 0 Å². The number of hydrogen-bond acceptors (Lipinski definition) is 4. The molecule has 2 heterocycles. The van der Waals surface area contributed by atoms with E-state index in [1.165, 1.54) is 12.4 Å². The number of aromatic nitrogens is 4. The van der Waals surface area contributed by atoms with E-state index in [-0.39, 0.29) is 5.91 Å². The number of amides is 1. The summed E-state index contributed by atoms with van der Waals surface area (Å²) in [4.78, 5) is 20.0. The van der Waals surface area contributed by atoms with Crippen LogP contribution in [0.2, 0.25) is 5.02 Å². The number of carbonyl (C=O) groups excluding carboxylic acids is 1. The maximum Gasteiger partial charge on any atom is 0.252 e. The van der Waals surface area contributed by atoms with Crippen LogP contribution >= 0.6 is 11.6 Å². The van der Waals surface area contributed by atoms with Crippen molar-refractivity contribution in [3.05, 3.63) is 65.2 Å². The second-order valence-corrected chi connectivity index (χ2v) is 5.68. The van der Waals surface area contributed by atoms with Gasteiger partial charge in [0.2, 0.25) is 5.91 Å². The van der Waals surface area contributed by atoms with Crippen LogP contribution < -0.4 is 5.32 Å². The highest BCUT2D eigenvalue weighted by atomic mass is 35.5. The van der Waals surface area contributed by atoms with Gasteiger partial charge < -0.3 is 5.32 Å². The predicted molar refractivity (Wildman–Crippen MR) is 92.6 cm³/mol. The molecule has 0 aliphatic rings. The molecule has 2 aromatic heterocycles. The Morgan fingerprint density at radius 2 is 2.08 bits per heavy atom. The molecule has 0 radical (unpaired) electrons. The summed E-state index contributed by atoms with van der Waals surface area (Å²) >= 11 is 5.82. The number of aryl methyl sites for hydroxylation is 1. The highest BCUT2D eigenvalue weighted by Gasteiger charge is 2.00. The fourth-order valence-corrected chi connectivity index (χ4v) is 2.32. The summed E-state index contributed by atoms with van der Waals surface area (Å²) in [5.41, 5.74) is 1.99. The van der Waals surface area contributed by atoms with Gasteiger partial charge in [0.25, 0.3) is 5.78 Å². The lowest BCUT2D eigenvalue weighted by atomic mass is 10.2. The van der Waals surface area contributed by atoms with Crippen LogP contribution in [0.15, 0.2) is 49.1 Å². The Morgan fingerprint density at radius 3 is 2.92 bits per heavy atom. The second-order valence-electron chi connectivity index (χ2n) is 5.25. The number of hydrogen-bond donors (Lipinski definition) is 1. The van der Waals surface area contributed by atoms with Gasteiger partial charge in [0.1, 0.15) is 6.33 Å². The van der Waals surface area contributed by atoms with Crippen molar-refractivity contribution in [2.24, 2.45) is 0 Å². The summed E-state index contributed by atoms with van der Waals surface area (Å²) < 4.78 is 1.64. The lowest BCUT2D eigenvalue weighted by Gasteiger charge is -2.03. The lowest BCUT2D eigenvalue weighted by Crippen LogP contribution is -2.22. The van der Waals surface area contributed by atoms with E-state index in [2.05, 4.69) is 20.4 Å². The van der Waals surface area contributed by atoms with E-state index in [4.69, 9.17) is 11.6 Å². The highest BCUT2D eigenvalue weighted by molar-refractivity contribution is 6.30. The largest absolute Gasteiger partial charge is 0.353 e. The molecule has 3 rings (SSSR count).